The van der Waals surface area contributed by atoms with E-state index in [0.717, 1.165) is 33.6 Å². The molecule has 4 aromatic rings. The highest BCUT2D eigenvalue weighted by Gasteiger charge is 2.14. The van der Waals surface area contributed by atoms with Gasteiger partial charge >= 0.3 is 5.69 Å². The topological polar surface area (TPSA) is 85.7 Å². The lowest BCUT2D eigenvalue weighted by atomic mass is 10.0. The number of hydrogen-bond donors (Lipinski definition) is 1. The largest absolute Gasteiger partial charge is 0.489 e. The van der Waals surface area contributed by atoms with Gasteiger partial charge in [-0.15, -0.1) is 0 Å². The predicted molar refractivity (Wildman–Crippen MR) is 110 cm³/mol. The molecule has 30 heavy (non-hydrogen) atoms. The van der Waals surface area contributed by atoms with Crippen molar-refractivity contribution in [3.05, 3.63) is 87.2 Å². The number of pyridine rings is 1. The van der Waals surface area contributed by atoms with Gasteiger partial charge in [0, 0.05) is 11.1 Å². The van der Waals surface area contributed by atoms with Crippen molar-refractivity contribution in [3.63, 3.8) is 0 Å². The Morgan fingerprint density at radius 1 is 1.07 bits per heavy atom. The average molecular weight is 405 g/mol. The van der Waals surface area contributed by atoms with E-state index in [9.17, 15) is 9.18 Å². The fourth-order valence-corrected chi connectivity index (χ4v) is 3.33. The molecule has 4 rings (SSSR count). The van der Waals surface area contributed by atoms with E-state index in [1.807, 2.05) is 45.0 Å². The quantitative estimate of drug-likeness (QED) is 0.548. The molecule has 8 heteroatoms. The van der Waals surface area contributed by atoms with Gasteiger partial charge in [0.1, 0.15) is 18.2 Å². The fourth-order valence-electron chi connectivity index (χ4n) is 3.33. The zero-order valence-electron chi connectivity index (χ0n) is 16.8. The molecule has 2 heterocycles. The van der Waals surface area contributed by atoms with Crippen molar-refractivity contribution in [2.45, 2.75) is 27.4 Å². The second kappa shape index (κ2) is 7.90. The highest BCUT2D eigenvalue weighted by atomic mass is 19.1. The Morgan fingerprint density at radius 3 is 2.60 bits per heavy atom. The van der Waals surface area contributed by atoms with E-state index in [1.165, 1.54) is 16.9 Å². The summed E-state index contributed by atoms with van der Waals surface area (Å²) in [6, 6.07) is 12.6. The third-order valence-electron chi connectivity index (χ3n) is 4.98. The molecule has 0 saturated carbocycles. The van der Waals surface area contributed by atoms with Crippen LogP contribution in [0, 0.1) is 26.6 Å². The summed E-state index contributed by atoms with van der Waals surface area (Å²) in [5, 5.41) is 9.70. The van der Waals surface area contributed by atoms with Gasteiger partial charge in [-0.05, 0) is 78.2 Å². The average Bonchev–Trinajstić information content (AvgIpc) is 3.15. The van der Waals surface area contributed by atoms with E-state index in [0.29, 0.717) is 11.4 Å². The standard InChI is InChI=1S/C22H20FN5O2/c1-13-5-4-6-20(28-22(29)25-26-27-28)18(13)12-30-21-10-14(2)17(9-15(21)3)19-8-7-16(23)11-24-19/h4-11H,12H2,1-3H3,(H,25,27,29). The normalized spacial score (nSPS) is 10.9. The van der Waals surface area contributed by atoms with Crippen LogP contribution in [0.25, 0.3) is 16.9 Å². The maximum atomic E-state index is 13.2. The van der Waals surface area contributed by atoms with E-state index in [1.54, 1.807) is 12.1 Å². The molecule has 0 atom stereocenters. The number of tetrazole rings is 1. The van der Waals surface area contributed by atoms with E-state index in [-0.39, 0.29) is 12.4 Å². The molecule has 0 unspecified atom stereocenters. The molecule has 152 valence electrons. The van der Waals surface area contributed by atoms with Crippen molar-refractivity contribution in [3.8, 4) is 22.7 Å². The number of nitrogens with one attached hydrogen (secondary N) is 1. The molecule has 2 aromatic carbocycles. The van der Waals surface area contributed by atoms with Crippen LogP contribution in [0.4, 0.5) is 4.39 Å². The van der Waals surface area contributed by atoms with Crippen molar-refractivity contribution < 1.29 is 9.13 Å². The third kappa shape index (κ3) is 3.71. The SMILES string of the molecule is Cc1cc(-c2ccc(F)cn2)c(C)cc1OCc1c(C)cccc1-n1nn[nH]c1=O. The zero-order valence-corrected chi connectivity index (χ0v) is 16.8. The Hall–Kier alpha value is -3.81. The van der Waals surface area contributed by atoms with Gasteiger partial charge in [0.15, 0.2) is 0 Å². The van der Waals surface area contributed by atoms with Crippen LogP contribution in [-0.2, 0) is 6.61 Å². The molecule has 0 fully saturated rings. The first-order chi connectivity index (χ1) is 14.4. The maximum absolute atomic E-state index is 13.2. The molecular formula is C22H20FN5O2. The summed E-state index contributed by atoms with van der Waals surface area (Å²) < 4.78 is 20.5. The lowest BCUT2D eigenvalue weighted by Crippen LogP contribution is -2.18. The van der Waals surface area contributed by atoms with E-state index >= 15 is 0 Å². The monoisotopic (exact) mass is 405 g/mol. The molecule has 2 aromatic heterocycles. The summed E-state index contributed by atoms with van der Waals surface area (Å²) in [5.41, 5.74) is 5.54. The lowest BCUT2D eigenvalue weighted by molar-refractivity contribution is 0.302. The lowest BCUT2D eigenvalue weighted by Gasteiger charge is -2.16. The van der Waals surface area contributed by atoms with Crippen LogP contribution in [0.5, 0.6) is 5.75 Å². The minimum absolute atomic E-state index is 0.260. The number of ether oxygens (including phenoxy) is 1. The molecule has 0 amide bonds. The smallest absolute Gasteiger partial charge is 0.365 e. The maximum Gasteiger partial charge on any atom is 0.365 e. The van der Waals surface area contributed by atoms with Gasteiger partial charge in [-0.1, -0.05) is 12.1 Å². The Morgan fingerprint density at radius 2 is 1.90 bits per heavy atom. The molecule has 0 saturated heterocycles. The van der Waals surface area contributed by atoms with E-state index in [2.05, 4.69) is 20.5 Å². The van der Waals surface area contributed by atoms with Crippen molar-refractivity contribution in [1.29, 1.82) is 0 Å². The molecule has 0 bridgehead atoms. The number of nitrogens with zero attached hydrogens (tertiary/aromatic N) is 4. The second-order valence-corrected chi connectivity index (χ2v) is 7.07. The van der Waals surface area contributed by atoms with Crippen LogP contribution >= 0.6 is 0 Å². The molecule has 1 N–H and O–H groups in total. The van der Waals surface area contributed by atoms with Gasteiger partial charge in [-0.3, -0.25) is 4.98 Å². The summed E-state index contributed by atoms with van der Waals surface area (Å²) in [6.07, 6.45) is 1.21. The zero-order chi connectivity index (χ0) is 21.3. The second-order valence-electron chi connectivity index (χ2n) is 7.07. The van der Waals surface area contributed by atoms with E-state index < -0.39 is 5.69 Å². The predicted octanol–water partition coefficient (Wildman–Crippen LogP) is 3.66. The Kier molecular flexibility index (Phi) is 5.14. The Labute approximate surface area is 172 Å². The van der Waals surface area contributed by atoms with E-state index in [4.69, 9.17) is 4.74 Å². The number of H-pyrrole nitrogens is 1. The Balaban J connectivity index is 1.64. The number of aryl methyl sites for hydroxylation is 3. The summed E-state index contributed by atoms with van der Waals surface area (Å²) >= 11 is 0. The van der Waals surface area contributed by atoms with Crippen LogP contribution < -0.4 is 10.4 Å². The number of halogens is 1. The molecule has 7 nitrogen and oxygen atoms in total. The minimum atomic E-state index is -0.412. The molecular weight excluding hydrogens is 385 g/mol. The van der Waals surface area contributed by atoms with Gasteiger partial charge in [0.2, 0.25) is 0 Å². The van der Waals surface area contributed by atoms with Crippen LogP contribution in [0.1, 0.15) is 22.3 Å². The Bertz CT molecular complexity index is 1260. The molecule has 0 aliphatic carbocycles. The fraction of sp³-hybridized carbons (Fsp3) is 0.182. The number of hydrogen-bond acceptors (Lipinski definition) is 5. The van der Waals surface area contributed by atoms with Crippen LogP contribution in [-0.4, -0.2) is 25.2 Å². The van der Waals surface area contributed by atoms with Crippen molar-refractivity contribution in [1.82, 2.24) is 25.2 Å². The number of aromatic amines is 1. The third-order valence-corrected chi connectivity index (χ3v) is 4.98. The molecule has 0 spiro atoms. The van der Waals surface area contributed by atoms with Crippen LogP contribution in [0.15, 0.2) is 53.5 Å². The molecule has 0 aliphatic rings. The van der Waals surface area contributed by atoms with Gasteiger partial charge in [-0.2, -0.15) is 4.68 Å². The summed E-state index contributed by atoms with van der Waals surface area (Å²) in [5.74, 6) is 0.355. The molecule has 0 radical (unpaired) electrons. The first-order valence-corrected chi connectivity index (χ1v) is 9.39. The van der Waals surface area contributed by atoms with Gasteiger partial charge in [0.25, 0.3) is 0 Å². The van der Waals surface area contributed by atoms with Gasteiger partial charge in [-0.25, -0.2) is 14.3 Å². The highest BCUT2D eigenvalue weighted by molar-refractivity contribution is 5.66. The van der Waals surface area contributed by atoms with Crippen LogP contribution in [0.2, 0.25) is 0 Å². The number of rotatable bonds is 5. The summed E-state index contributed by atoms with van der Waals surface area (Å²) in [4.78, 5) is 16.1. The van der Waals surface area contributed by atoms with Crippen LogP contribution in [0.3, 0.4) is 0 Å². The summed E-state index contributed by atoms with van der Waals surface area (Å²) in [7, 11) is 0. The number of aromatic nitrogens is 5. The van der Waals surface area contributed by atoms with Crippen molar-refractivity contribution in [2.24, 2.45) is 0 Å². The highest BCUT2D eigenvalue weighted by Crippen LogP contribution is 2.30. The first-order valence-electron chi connectivity index (χ1n) is 9.39. The minimum Gasteiger partial charge on any atom is -0.489 e. The summed E-state index contributed by atoms with van der Waals surface area (Å²) in [6.45, 7) is 6.12. The molecule has 0 aliphatic heterocycles. The van der Waals surface area contributed by atoms with Crippen molar-refractivity contribution >= 4 is 0 Å². The first kappa shape index (κ1) is 19.5. The van der Waals surface area contributed by atoms with Gasteiger partial charge in [0.05, 0.1) is 17.6 Å². The van der Waals surface area contributed by atoms with Crippen molar-refractivity contribution in [2.75, 3.05) is 0 Å². The number of benzene rings is 2. The van der Waals surface area contributed by atoms with Gasteiger partial charge < -0.3 is 4.74 Å².